The van der Waals surface area contributed by atoms with Crippen molar-refractivity contribution in [2.45, 2.75) is 0 Å². The number of benzene rings is 1. The van der Waals surface area contributed by atoms with Gasteiger partial charge in [-0.15, -0.1) is 0 Å². The highest BCUT2D eigenvalue weighted by atomic mass is 14.9. The van der Waals surface area contributed by atoms with Gasteiger partial charge in [-0.3, -0.25) is 0 Å². The summed E-state index contributed by atoms with van der Waals surface area (Å²) in [5.41, 5.74) is 4.78. The molecule has 0 radical (unpaired) electrons. The lowest BCUT2D eigenvalue weighted by atomic mass is 9.95. The highest BCUT2D eigenvalue weighted by molar-refractivity contribution is 5.87. The number of hydrogen-bond donors (Lipinski definition) is 1. The molecule has 2 rings (SSSR count). The first kappa shape index (κ1) is 8.82. The Hall–Kier alpha value is -1.76. The summed E-state index contributed by atoms with van der Waals surface area (Å²) < 4.78 is 0. The normalized spacial score (nSPS) is 14.3. The number of para-hydroxylation sites is 1. The smallest absolute Gasteiger partial charge is 0.0422 e. The van der Waals surface area contributed by atoms with Crippen LogP contribution in [0.4, 0.5) is 5.69 Å². The Morgan fingerprint density at radius 2 is 1.93 bits per heavy atom. The van der Waals surface area contributed by atoms with Gasteiger partial charge in [0.15, 0.2) is 0 Å². The Morgan fingerprint density at radius 3 is 2.64 bits per heavy atom. The summed E-state index contributed by atoms with van der Waals surface area (Å²) in [6, 6.07) is 8.25. The first-order valence-electron chi connectivity index (χ1n) is 4.68. The van der Waals surface area contributed by atoms with Crippen LogP contribution >= 0.6 is 0 Å². The quantitative estimate of drug-likeness (QED) is 0.742. The number of rotatable bonds is 2. The van der Waals surface area contributed by atoms with Gasteiger partial charge >= 0.3 is 0 Å². The second-order valence-corrected chi connectivity index (χ2v) is 3.25. The third-order valence-electron chi connectivity index (χ3n) is 2.48. The van der Waals surface area contributed by atoms with Gasteiger partial charge in [-0.1, -0.05) is 43.5 Å². The van der Waals surface area contributed by atoms with E-state index in [1.54, 1.807) is 0 Å². The van der Waals surface area contributed by atoms with Gasteiger partial charge in [0.1, 0.15) is 0 Å². The Balaban J connectivity index is 2.63. The number of fused-ring (bicyclic) bond motifs is 1. The third-order valence-corrected chi connectivity index (χ3v) is 2.48. The van der Waals surface area contributed by atoms with E-state index in [0.717, 1.165) is 6.54 Å². The largest absolute Gasteiger partial charge is 0.380 e. The zero-order chi connectivity index (χ0) is 9.97. The molecule has 1 heterocycles. The van der Waals surface area contributed by atoms with E-state index in [9.17, 15) is 0 Å². The molecule has 70 valence electrons. The van der Waals surface area contributed by atoms with Gasteiger partial charge in [0, 0.05) is 17.8 Å². The molecule has 1 aliphatic heterocycles. The van der Waals surface area contributed by atoms with Crippen molar-refractivity contribution >= 4 is 11.3 Å². The van der Waals surface area contributed by atoms with Crippen LogP contribution in [0.5, 0.6) is 0 Å². The molecule has 0 spiro atoms. The lowest BCUT2D eigenvalue weighted by Gasteiger charge is -2.21. The highest BCUT2D eigenvalue weighted by Gasteiger charge is 2.13. The Kier molecular flexibility index (Phi) is 2.23. The molecule has 0 bridgehead atoms. The molecule has 0 saturated heterocycles. The van der Waals surface area contributed by atoms with E-state index in [0.29, 0.717) is 0 Å². The lowest BCUT2D eigenvalue weighted by molar-refractivity contribution is 1.23. The van der Waals surface area contributed by atoms with Crippen LogP contribution in [0.25, 0.3) is 5.57 Å². The Labute approximate surface area is 84.5 Å². The van der Waals surface area contributed by atoms with Crippen LogP contribution in [0.1, 0.15) is 5.56 Å². The van der Waals surface area contributed by atoms with Crippen LogP contribution in [0.15, 0.2) is 55.1 Å². The summed E-state index contributed by atoms with van der Waals surface area (Å²) in [4.78, 5) is 0. The topological polar surface area (TPSA) is 12.0 Å². The second-order valence-electron chi connectivity index (χ2n) is 3.25. The van der Waals surface area contributed by atoms with Gasteiger partial charge in [0.05, 0.1) is 0 Å². The zero-order valence-electron chi connectivity index (χ0n) is 8.09. The van der Waals surface area contributed by atoms with Crippen molar-refractivity contribution in [3.05, 3.63) is 60.7 Å². The highest BCUT2D eigenvalue weighted by Crippen LogP contribution is 2.31. The average molecular weight is 183 g/mol. The summed E-state index contributed by atoms with van der Waals surface area (Å²) in [5, 5.41) is 3.35. The average Bonchev–Trinajstić information content (AvgIpc) is 2.27. The van der Waals surface area contributed by atoms with E-state index >= 15 is 0 Å². The van der Waals surface area contributed by atoms with E-state index < -0.39 is 0 Å². The monoisotopic (exact) mass is 183 g/mol. The molecule has 1 aromatic rings. The predicted octanol–water partition coefficient (Wildman–Crippen LogP) is 3.24. The standard InChI is InChI=1S/C13H13N/c1-3-10-9-14-13-8-6-5-7-12(13)11(10)4-2/h3-8,14H,1-2,9H2. The minimum absolute atomic E-state index is 0.835. The summed E-state index contributed by atoms with van der Waals surface area (Å²) in [6.45, 7) is 8.49. The van der Waals surface area contributed by atoms with Crippen molar-refractivity contribution in [3.8, 4) is 0 Å². The molecule has 0 saturated carbocycles. The number of hydrogen-bond acceptors (Lipinski definition) is 1. The van der Waals surface area contributed by atoms with Crippen LogP contribution in [0.3, 0.4) is 0 Å². The van der Waals surface area contributed by atoms with Crippen molar-refractivity contribution < 1.29 is 0 Å². The minimum Gasteiger partial charge on any atom is -0.380 e. The minimum atomic E-state index is 0.835. The zero-order valence-corrected chi connectivity index (χ0v) is 8.09. The van der Waals surface area contributed by atoms with Crippen molar-refractivity contribution in [2.75, 3.05) is 11.9 Å². The van der Waals surface area contributed by atoms with Crippen molar-refractivity contribution in [3.63, 3.8) is 0 Å². The molecule has 1 nitrogen and oxygen atoms in total. The maximum atomic E-state index is 3.85. The Morgan fingerprint density at radius 1 is 1.14 bits per heavy atom. The predicted molar refractivity (Wildman–Crippen MR) is 62.2 cm³/mol. The molecule has 0 amide bonds. The van der Waals surface area contributed by atoms with Crippen LogP contribution in [0.2, 0.25) is 0 Å². The third kappa shape index (κ3) is 1.27. The Bertz CT molecular complexity index is 413. The second kappa shape index (κ2) is 3.54. The fraction of sp³-hybridized carbons (Fsp3) is 0.0769. The first-order valence-corrected chi connectivity index (χ1v) is 4.68. The molecular weight excluding hydrogens is 170 g/mol. The molecule has 1 N–H and O–H groups in total. The molecule has 0 aromatic heterocycles. The summed E-state index contributed by atoms with van der Waals surface area (Å²) in [5.74, 6) is 0. The molecule has 0 fully saturated rings. The molecule has 0 aliphatic carbocycles. The van der Waals surface area contributed by atoms with Gasteiger partial charge in [0.2, 0.25) is 0 Å². The lowest BCUT2D eigenvalue weighted by Crippen LogP contribution is -2.12. The molecule has 14 heavy (non-hydrogen) atoms. The maximum absolute atomic E-state index is 3.85. The molecule has 0 atom stereocenters. The molecule has 1 heteroatoms. The van der Waals surface area contributed by atoms with E-state index in [-0.39, 0.29) is 0 Å². The molecule has 1 aromatic carbocycles. The van der Waals surface area contributed by atoms with Crippen LogP contribution in [-0.2, 0) is 0 Å². The summed E-state index contributed by atoms with van der Waals surface area (Å²) in [6.07, 6.45) is 3.79. The van der Waals surface area contributed by atoms with Crippen LogP contribution < -0.4 is 5.32 Å². The van der Waals surface area contributed by atoms with E-state index in [2.05, 4.69) is 30.6 Å². The van der Waals surface area contributed by atoms with Crippen LogP contribution in [0, 0.1) is 0 Å². The number of allylic oxidation sites excluding steroid dienone is 2. The van der Waals surface area contributed by atoms with Gasteiger partial charge in [-0.2, -0.15) is 0 Å². The van der Waals surface area contributed by atoms with Crippen molar-refractivity contribution in [2.24, 2.45) is 0 Å². The van der Waals surface area contributed by atoms with Crippen molar-refractivity contribution in [1.82, 2.24) is 0 Å². The van der Waals surface area contributed by atoms with Gasteiger partial charge in [-0.25, -0.2) is 0 Å². The van der Waals surface area contributed by atoms with Crippen molar-refractivity contribution in [1.29, 1.82) is 0 Å². The fourth-order valence-electron chi connectivity index (χ4n) is 1.75. The maximum Gasteiger partial charge on any atom is 0.0422 e. The summed E-state index contributed by atoms with van der Waals surface area (Å²) in [7, 11) is 0. The SMILES string of the molecule is C=CC1=C(C=C)c2ccccc2NC1. The van der Waals surface area contributed by atoms with Crippen LogP contribution in [-0.4, -0.2) is 6.54 Å². The van der Waals surface area contributed by atoms with Gasteiger partial charge in [-0.05, 0) is 17.2 Å². The summed E-state index contributed by atoms with van der Waals surface area (Å²) >= 11 is 0. The number of anilines is 1. The molecule has 0 unspecified atom stereocenters. The van der Waals surface area contributed by atoms with E-state index in [1.165, 1.54) is 22.4 Å². The van der Waals surface area contributed by atoms with E-state index in [4.69, 9.17) is 0 Å². The fourth-order valence-corrected chi connectivity index (χ4v) is 1.75. The molecular formula is C13H13N. The first-order chi connectivity index (χ1) is 6.86. The van der Waals surface area contributed by atoms with E-state index in [1.807, 2.05) is 24.3 Å². The van der Waals surface area contributed by atoms with Gasteiger partial charge < -0.3 is 5.32 Å². The number of nitrogens with one attached hydrogen (secondary N) is 1. The van der Waals surface area contributed by atoms with Gasteiger partial charge in [0.25, 0.3) is 0 Å². The molecule has 1 aliphatic rings.